The van der Waals surface area contributed by atoms with Gasteiger partial charge in [-0.1, -0.05) is 29.8 Å². The first-order chi connectivity index (χ1) is 10.2. The van der Waals surface area contributed by atoms with Gasteiger partial charge in [-0.2, -0.15) is 0 Å². The summed E-state index contributed by atoms with van der Waals surface area (Å²) in [6.45, 7) is 0.165. The molecule has 0 spiro atoms. The van der Waals surface area contributed by atoms with Gasteiger partial charge in [-0.05, 0) is 43.0 Å². The molecule has 3 rings (SSSR count). The molecule has 1 aromatic heterocycles. The number of aryl methyl sites for hydroxylation is 1. The maximum Gasteiger partial charge on any atom is 0.344 e. The molecule has 0 bridgehead atoms. The van der Waals surface area contributed by atoms with Crippen LogP contribution in [-0.2, 0) is 6.42 Å². The van der Waals surface area contributed by atoms with Gasteiger partial charge in [0.2, 0.25) is 0 Å². The van der Waals surface area contributed by atoms with Crippen molar-refractivity contribution < 1.29 is 9.52 Å². The molecule has 0 aliphatic heterocycles. The van der Waals surface area contributed by atoms with Gasteiger partial charge in [0.25, 0.3) is 0 Å². The third-order valence-electron chi connectivity index (χ3n) is 3.67. The Bertz CT molecular complexity index is 852. The first kappa shape index (κ1) is 14.1. The van der Waals surface area contributed by atoms with Crippen LogP contribution in [0, 0.1) is 0 Å². The third kappa shape index (κ3) is 2.55. The van der Waals surface area contributed by atoms with Crippen molar-refractivity contribution in [1.82, 2.24) is 0 Å². The lowest BCUT2D eigenvalue weighted by molar-refractivity contribution is 0.284. The van der Waals surface area contributed by atoms with E-state index in [2.05, 4.69) is 0 Å². The number of hydrogen-bond acceptors (Lipinski definition) is 3. The topological polar surface area (TPSA) is 50.4 Å². The second-order valence-corrected chi connectivity index (χ2v) is 5.42. The summed E-state index contributed by atoms with van der Waals surface area (Å²) in [4.78, 5) is 12.0. The SMILES string of the molecule is O=c1oc2ccc(Cl)c(CCCCO)c2c2ccccc12. The summed E-state index contributed by atoms with van der Waals surface area (Å²) in [5.74, 6) is 0. The monoisotopic (exact) mass is 302 g/mol. The van der Waals surface area contributed by atoms with E-state index < -0.39 is 0 Å². The van der Waals surface area contributed by atoms with E-state index in [1.165, 1.54) is 0 Å². The smallest absolute Gasteiger partial charge is 0.344 e. The summed E-state index contributed by atoms with van der Waals surface area (Å²) in [6, 6.07) is 10.9. The molecule has 0 fully saturated rings. The van der Waals surface area contributed by atoms with Gasteiger partial charge in [-0.3, -0.25) is 0 Å². The highest BCUT2D eigenvalue weighted by Gasteiger charge is 2.13. The van der Waals surface area contributed by atoms with Crippen LogP contribution in [0.15, 0.2) is 45.6 Å². The summed E-state index contributed by atoms with van der Waals surface area (Å²) >= 11 is 6.34. The van der Waals surface area contributed by atoms with E-state index in [9.17, 15) is 4.79 Å². The largest absolute Gasteiger partial charge is 0.422 e. The lowest BCUT2D eigenvalue weighted by Crippen LogP contribution is -2.01. The number of unbranched alkanes of at least 4 members (excludes halogenated alkanes) is 1. The van der Waals surface area contributed by atoms with E-state index in [1.54, 1.807) is 18.2 Å². The average molecular weight is 303 g/mol. The number of hydrogen-bond donors (Lipinski definition) is 1. The Hall–Kier alpha value is -1.84. The number of aliphatic hydroxyl groups is 1. The van der Waals surface area contributed by atoms with Gasteiger partial charge in [-0.15, -0.1) is 0 Å². The van der Waals surface area contributed by atoms with E-state index in [-0.39, 0.29) is 12.2 Å². The molecule has 0 amide bonds. The first-order valence-corrected chi connectivity index (χ1v) is 7.34. The number of rotatable bonds is 4. The van der Waals surface area contributed by atoms with E-state index in [0.717, 1.165) is 35.6 Å². The van der Waals surface area contributed by atoms with Crippen LogP contribution >= 0.6 is 11.6 Å². The van der Waals surface area contributed by atoms with Crippen LogP contribution in [0.4, 0.5) is 0 Å². The van der Waals surface area contributed by atoms with Gasteiger partial charge in [0.15, 0.2) is 0 Å². The Morgan fingerprint density at radius 3 is 2.57 bits per heavy atom. The second-order valence-electron chi connectivity index (χ2n) is 5.01. The van der Waals surface area contributed by atoms with Crippen molar-refractivity contribution in [3.63, 3.8) is 0 Å². The Morgan fingerprint density at radius 1 is 1.05 bits per heavy atom. The molecular weight excluding hydrogens is 288 g/mol. The highest BCUT2D eigenvalue weighted by atomic mass is 35.5. The molecule has 108 valence electrons. The Kier molecular flexibility index (Phi) is 3.95. The van der Waals surface area contributed by atoms with Gasteiger partial charge in [0, 0.05) is 22.4 Å². The first-order valence-electron chi connectivity index (χ1n) is 6.96. The molecule has 0 aliphatic rings. The summed E-state index contributed by atoms with van der Waals surface area (Å²) in [7, 11) is 0. The van der Waals surface area contributed by atoms with Gasteiger partial charge in [-0.25, -0.2) is 4.79 Å². The second kappa shape index (κ2) is 5.88. The van der Waals surface area contributed by atoms with E-state index in [1.807, 2.05) is 18.2 Å². The van der Waals surface area contributed by atoms with Crippen LogP contribution in [0.5, 0.6) is 0 Å². The van der Waals surface area contributed by atoms with Crippen LogP contribution in [0.1, 0.15) is 18.4 Å². The molecule has 2 aromatic carbocycles. The maximum absolute atomic E-state index is 12.0. The molecular formula is C17H15ClO3. The minimum atomic E-state index is -0.332. The molecule has 3 nitrogen and oxygen atoms in total. The van der Waals surface area contributed by atoms with Crippen molar-refractivity contribution in [2.24, 2.45) is 0 Å². The molecule has 3 aromatic rings. The van der Waals surface area contributed by atoms with Gasteiger partial charge < -0.3 is 9.52 Å². The Morgan fingerprint density at radius 2 is 1.81 bits per heavy atom. The molecule has 1 heterocycles. The van der Waals surface area contributed by atoms with E-state index in [0.29, 0.717) is 16.0 Å². The number of fused-ring (bicyclic) bond motifs is 3. The third-order valence-corrected chi connectivity index (χ3v) is 4.03. The van der Waals surface area contributed by atoms with Gasteiger partial charge in [0.1, 0.15) is 5.58 Å². The molecule has 0 saturated heterocycles. The van der Waals surface area contributed by atoms with Crippen molar-refractivity contribution in [2.75, 3.05) is 6.61 Å². The molecule has 0 radical (unpaired) electrons. The molecule has 4 heteroatoms. The quantitative estimate of drug-likeness (QED) is 0.451. The predicted octanol–water partition coefficient (Wildman–Crippen LogP) is 3.91. The predicted molar refractivity (Wildman–Crippen MR) is 85.0 cm³/mol. The fourth-order valence-electron chi connectivity index (χ4n) is 2.67. The van der Waals surface area contributed by atoms with E-state index in [4.69, 9.17) is 21.1 Å². The zero-order chi connectivity index (χ0) is 14.8. The summed E-state index contributed by atoms with van der Waals surface area (Å²) in [5, 5.41) is 11.9. The highest BCUT2D eigenvalue weighted by molar-refractivity contribution is 6.32. The minimum absolute atomic E-state index is 0.165. The van der Waals surface area contributed by atoms with Crippen molar-refractivity contribution in [3.05, 3.63) is 57.4 Å². The Labute approximate surface area is 126 Å². The molecule has 0 saturated carbocycles. The fourth-order valence-corrected chi connectivity index (χ4v) is 2.93. The molecule has 0 atom stereocenters. The van der Waals surface area contributed by atoms with E-state index >= 15 is 0 Å². The normalized spacial score (nSPS) is 11.3. The summed E-state index contributed by atoms with van der Waals surface area (Å²) in [6.07, 6.45) is 2.30. The lowest BCUT2D eigenvalue weighted by atomic mass is 9.99. The average Bonchev–Trinajstić information content (AvgIpc) is 2.50. The fraction of sp³-hybridized carbons (Fsp3) is 0.235. The van der Waals surface area contributed by atoms with Crippen LogP contribution in [-0.4, -0.2) is 11.7 Å². The zero-order valence-corrected chi connectivity index (χ0v) is 12.2. The molecule has 0 aliphatic carbocycles. The Balaban J connectivity index is 2.32. The van der Waals surface area contributed by atoms with Gasteiger partial charge >= 0.3 is 5.63 Å². The van der Waals surface area contributed by atoms with Crippen LogP contribution in [0.2, 0.25) is 5.02 Å². The standard InChI is InChI=1S/C17H15ClO3/c18-14-8-9-15-16(13(14)7-3-4-10-19)11-5-1-2-6-12(11)17(20)21-15/h1-2,5-6,8-9,19H,3-4,7,10H2. The van der Waals surface area contributed by atoms with Crippen molar-refractivity contribution in [3.8, 4) is 0 Å². The minimum Gasteiger partial charge on any atom is -0.422 e. The van der Waals surface area contributed by atoms with Crippen molar-refractivity contribution >= 4 is 33.3 Å². The summed E-state index contributed by atoms with van der Waals surface area (Å²) in [5.41, 5.74) is 1.20. The lowest BCUT2D eigenvalue weighted by Gasteiger charge is -2.10. The van der Waals surface area contributed by atoms with Gasteiger partial charge in [0.05, 0.1) is 5.39 Å². The van der Waals surface area contributed by atoms with Crippen LogP contribution in [0.25, 0.3) is 21.7 Å². The molecule has 21 heavy (non-hydrogen) atoms. The number of benzene rings is 2. The molecule has 1 N–H and O–H groups in total. The van der Waals surface area contributed by atoms with Crippen molar-refractivity contribution in [2.45, 2.75) is 19.3 Å². The number of halogens is 1. The van der Waals surface area contributed by atoms with Crippen LogP contribution < -0.4 is 5.63 Å². The number of aliphatic hydroxyl groups excluding tert-OH is 1. The molecule has 0 unspecified atom stereocenters. The summed E-state index contributed by atoms with van der Waals surface area (Å²) < 4.78 is 5.41. The maximum atomic E-state index is 12.0. The van der Waals surface area contributed by atoms with Crippen molar-refractivity contribution in [1.29, 1.82) is 0 Å². The van der Waals surface area contributed by atoms with Crippen LogP contribution in [0.3, 0.4) is 0 Å². The highest BCUT2D eigenvalue weighted by Crippen LogP contribution is 2.32. The zero-order valence-electron chi connectivity index (χ0n) is 11.4.